The van der Waals surface area contributed by atoms with E-state index < -0.39 is 37.3 Å². The summed E-state index contributed by atoms with van der Waals surface area (Å²) in [7, 11) is 0. The Balaban J connectivity index is 2.05. The van der Waals surface area contributed by atoms with Gasteiger partial charge < -0.3 is 30.1 Å². The van der Waals surface area contributed by atoms with Gasteiger partial charge in [-0.3, -0.25) is 4.57 Å². The largest absolute Gasteiger partial charge is 0.394 e. The SMILES string of the molecule is OC[C@H]1O[C@@H](n2cnc3c(=S)nc[nH]c32)[C@H](O)[C@@H](O)[C@H]1O. The maximum atomic E-state index is 10.1. The number of aliphatic hydroxyl groups is 4. The fourth-order valence-electron chi connectivity index (χ4n) is 2.38. The van der Waals surface area contributed by atoms with Crippen LogP contribution in [0.3, 0.4) is 0 Å². The number of nitrogens with one attached hydrogen (secondary N) is 1. The average Bonchev–Trinajstić information content (AvgIpc) is 2.91. The van der Waals surface area contributed by atoms with Crippen LogP contribution in [0.2, 0.25) is 0 Å². The average molecular weight is 314 g/mol. The smallest absolute Gasteiger partial charge is 0.165 e. The van der Waals surface area contributed by atoms with Crippen molar-refractivity contribution in [1.82, 2.24) is 19.5 Å². The van der Waals surface area contributed by atoms with Gasteiger partial charge in [-0.05, 0) is 0 Å². The van der Waals surface area contributed by atoms with Crippen LogP contribution >= 0.6 is 12.2 Å². The van der Waals surface area contributed by atoms with E-state index in [0.29, 0.717) is 11.2 Å². The van der Waals surface area contributed by atoms with E-state index in [9.17, 15) is 20.4 Å². The number of aromatic nitrogens is 4. The molecule has 21 heavy (non-hydrogen) atoms. The molecule has 0 unspecified atom stereocenters. The topological polar surface area (TPSA) is 137 Å². The lowest BCUT2D eigenvalue weighted by atomic mass is 9.98. The molecule has 2 aromatic rings. The summed E-state index contributed by atoms with van der Waals surface area (Å²) in [5.74, 6) is 0. The number of hydrogen-bond donors (Lipinski definition) is 5. The number of imidazole rings is 1. The van der Waals surface area contributed by atoms with Gasteiger partial charge in [-0.2, -0.15) is 0 Å². The summed E-state index contributed by atoms with van der Waals surface area (Å²) in [5, 5.41) is 38.9. The second kappa shape index (κ2) is 5.40. The normalized spacial score (nSPS) is 33.4. The van der Waals surface area contributed by atoms with Crippen LogP contribution in [0.5, 0.6) is 0 Å². The van der Waals surface area contributed by atoms with E-state index in [0.717, 1.165) is 0 Å². The Morgan fingerprint density at radius 1 is 1.24 bits per heavy atom. The zero-order valence-corrected chi connectivity index (χ0v) is 11.5. The van der Waals surface area contributed by atoms with Crippen molar-refractivity contribution in [1.29, 1.82) is 0 Å². The summed E-state index contributed by atoms with van der Waals surface area (Å²) in [6, 6.07) is 0. The van der Waals surface area contributed by atoms with Crippen molar-refractivity contribution >= 4 is 23.4 Å². The monoisotopic (exact) mass is 314 g/mol. The number of H-pyrrole nitrogens is 1. The number of aliphatic hydroxyl groups excluding tert-OH is 4. The van der Waals surface area contributed by atoms with Gasteiger partial charge in [0.2, 0.25) is 0 Å². The van der Waals surface area contributed by atoms with Gasteiger partial charge in [0.25, 0.3) is 0 Å². The standard InChI is InChI=1S/C11H14N4O5S/c16-1-4-6(17)7(18)8(19)11(20-4)15-3-14-5-9(15)12-2-13-10(5)21/h2-4,6-8,11,16-19H,1H2,(H,12,13,21)/t4-,6+,7+,8-,11-/m1/s1. The molecular formula is C11H14N4O5S. The molecule has 1 saturated heterocycles. The number of rotatable bonds is 2. The maximum absolute atomic E-state index is 10.1. The molecule has 0 aromatic carbocycles. The Bertz CT molecular complexity index is 701. The molecule has 0 aliphatic carbocycles. The highest BCUT2D eigenvalue weighted by molar-refractivity contribution is 7.71. The van der Waals surface area contributed by atoms with E-state index in [1.165, 1.54) is 17.2 Å². The quantitative estimate of drug-likeness (QED) is 0.421. The molecule has 0 amide bonds. The minimum absolute atomic E-state index is 0.284. The third-order valence-corrected chi connectivity index (χ3v) is 3.82. The Hall–Kier alpha value is -1.43. The van der Waals surface area contributed by atoms with Gasteiger partial charge in [-0.1, -0.05) is 12.2 Å². The third kappa shape index (κ3) is 2.25. The minimum Gasteiger partial charge on any atom is -0.394 e. The molecule has 1 fully saturated rings. The minimum atomic E-state index is -1.46. The van der Waals surface area contributed by atoms with E-state index in [1.54, 1.807) is 0 Å². The van der Waals surface area contributed by atoms with Crippen molar-refractivity contribution in [2.24, 2.45) is 0 Å². The molecule has 0 radical (unpaired) electrons. The van der Waals surface area contributed by atoms with Gasteiger partial charge in [-0.25, -0.2) is 9.97 Å². The fourth-order valence-corrected chi connectivity index (χ4v) is 2.58. The first-order valence-electron chi connectivity index (χ1n) is 6.25. The van der Waals surface area contributed by atoms with E-state index in [1.807, 2.05) is 0 Å². The second-order valence-corrected chi connectivity index (χ2v) is 5.16. The number of fused-ring (bicyclic) bond motifs is 1. The Morgan fingerprint density at radius 3 is 2.71 bits per heavy atom. The highest BCUT2D eigenvalue weighted by atomic mass is 32.1. The summed E-state index contributed by atoms with van der Waals surface area (Å²) in [5.41, 5.74) is 0.879. The van der Waals surface area contributed by atoms with Crippen LogP contribution in [0, 0.1) is 4.64 Å². The highest BCUT2D eigenvalue weighted by Gasteiger charge is 2.44. The van der Waals surface area contributed by atoms with E-state index in [4.69, 9.17) is 17.0 Å². The van der Waals surface area contributed by atoms with Crippen LogP contribution in [0.15, 0.2) is 12.7 Å². The Labute approximate surface area is 123 Å². The molecule has 5 atom stereocenters. The fraction of sp³-hybridized carbons (Fsp3) is 0.545. The molecule has 0 bridgehead atoms. The van der Waals surface area contributed by atoms with Crippen LogP contribution < -0.4 is 0 Å². The first kappa shape index (κ1) is 14.5. The summed E-state index contributed by atoms with van der Waals surface area (Å²) in [6.45, 7) is -0.494. The molecule has 2 aromatic heterocycles. The number of aromatic amines is 1. The summed E-state index contributed by atoms with van der Waals surface area (Å²) in [4.78, 5) is 10.8. The van der Waals surface area contributed by atoms with Crippen molar-refractivity contribution in [3.63, 3.8) is 0 Å². The first-order chi connectivity index (χ1) is 10.0. The van der Waals surface area contributed by atoms with Crippen molar-refractivity contribution in [3.8, 4) is 0 Å². The van der Waals surface area contributed by atoms with E-state index in [-0.39, 0.29) is 4.64 Å². The van der Waals surface area contributed by atoms with Crippen molar-refractivity contribution < 1.29 is 25.2 Å². The van der Waals surface area contributed by atoms with Gasteiger partial charge in [-0.15, -0.1) is 0 Å². The molecule has 10 heteroatoms. The predicted molar refractivity (Wildman–Crippen MR) is 71.7 cm³/mol. The second-order valence-electron chi connectivity index (χ2n) is 4.78. The van der Waals surface area contributed by atoms with E-state index in [2.05, 4.69) is 15.0 Å². The zero-order chi connectivity index (χ0) is 15.1. The summed E-state index contributed by atoms with van der Waals surface area (Å²) < 4.78 is 7.19. The Morgan fingerprint density at radius 2 is 2.00 bits per heavy atom. The molecule has 5 N–H and O–H groups in total. The lowest BCUT2D eigenvalue weighted by Crippen LogP contribution is -2.56. The lowest BCUT2D eigenvalue weighted by molar-refractivity contribution is -0.250. The number of hydrogen-bond acceptors (Lipinski definition) is 8. The van der Waals surface area contributed by atoms with Crippen molar-refractivity contribution in [2.45, 2.75) is 30.6 Å². The molecule has 0 spiro atoms. The van der Waals surface area contributed by atoms with Crippen molar-refractivity contribution in [2.75, 3.05) is 6.61 Å². The first-order valence-corrected chi connectivity index (χ1v) is 6.66. The molecule has 3 heterocycles. The van der Waals surface area contributed by atoms with Crippen LogP contribution in [0.25, 0.3) is 11.2 Å². The summed E-state index contributed by atoms with van der Waals surface area (Å²) >= 11 is 5.05. The predicted octanol–water partition coefficient (Wildman–Crippen LogP) is -1.54. The van der Waals surface area contributed by atoms with Crippen LogP contribution in [0.1, 0.15) is 6.23 Å². The Kier molecular flexibility index (Phi) is 3.73. The lowest BCUT2D eigenvalue weighted by Gasteiger charge is -2.40. The van der Waals surface area contributed by atoms with Gasteiger partial charge in [0.15, 0.2) is 10.9 Å². The van der Waals surface area contributed by atoms with Gasteiger partial charge in [0.05, 0.1) is 19.3 Å². The maximum Gasteiger partial charge on any atom is 0.165 e. The summed E-state index contributed by atoms with van der Waals surface area (Å²) in [6.07, 6.45) is -3.51. The molecule has 1 aliphatic heterocycles. The van der Waals surface area contributed by atoms with Crippen LogP contribution in [0.4, 0.5) is 0 Å². The molecule has 0 saturated carbocycles. The van der Waals surface area contributed by atoms with Gasteiger partial charge >= 0.3 is 0 Å². The molecular weight excluding hydrogens is 300 g/mol. The molecule has 114 valence electrons. The highest BCUT2D eigenvalue weighted by Crippen LogP contribution is 2.30. The van der Waals surface area contributed by atoms with Crippen molar-refractivity contribution in [3.05, 3.63) is 17.3 Å². The van der Waals surface area contributed by atoms with Crippen LogP contribution in [-0.4, -0.2) is 71.0 Å². The van der Waals surface area contributed by atoms with E-state index >= 15 is 0 Å². The van der Waals surface area contributed by atoms with Crippen LogP contribution in [-0.2, 0) is 4.74 Å². The van der Waals surface area contributed by atoms with Gasteiger partial charge in [0.1, 0.15) is 35.6 Å². The van der Waals surface area contributed by atoms with Gasteiger partial charge in [0, 0.05) is 0 Å². The third-order valence-electron chi connectivity index (χ3n) is 3.52. The molecule has 3 rings (SSSR count). The molecule has 1 aliphatic rings. The number of ether oxygens (including phenoxy) is 1. The zero-order valence-electron chi connectivity index (χ0n) is 10.7. The molecule has 9 nitrogen and oxygen atoms in total. The number of nitrogens with zero attached hydrogens (tertiary/aromatic N) is 3.